The van der Waals surface area contributed by atoms with Gasteiger partial charge in [0.05, 0.1) is 5.92 Å². The van der Waals surface area contributed by atoms with Gasteiger partial charge in [-0.3, -0.25) is 4.79 Å². The van der Waals surface area contributed by atoms with Crippen molar-refractivity contribution in [3.63, 3.8) is 0 Å². The Morgan fingerprint density at radius 3 is 3.00 bits per heavy atom. The molecule has 1 unspecified atom stereocenters. The molecule has 1 aromatic carbocycles. The summed E-state index contributed by atoms with van der Waals surface area (Å²) in [5.74, 6) is 0.933. The maximum Gasteiger partial charge on any atom is 0.226 e. The van der Waals surface area contributed by atoms with Gasteiger partial charge in [0, 0.05) is 38.2 Å². The Morgan fingerprint density at radius 1 is 1.33 bits per heavy atom. The Kier molecular flexibility index (Phi) is 6.98. The summed E-state index contributed by atoms with van der Waals surface area (Å²) in [6.07, 6.45) is 5.86. The van der Waals surface area contributed by atoms with Gasteiger partial charge in [-0.2, -0.15) is 0 Å². The van der Waals surface area contributed by atoms with Crippen molar-refractivity contribution in [2.24, 2.45) is 5.92 Å². The molecule has 0 aliphatic carbocycles. The van der Waals surface area contributed by atoms with Gasteiger partial charge >= 0.3 is 0 Å². The number of rotatable bonds is 8. The van der Waals surface area contributed by atoms with E-state index in [1.54, 1.807) is 6.07 Å². The molecule has 1 aliphatic heterocycles. The highest BCUT2D eigenvalue weighted by Crippen LogP contribution is 2.21. The Labute approximate surface area is 159 Å². The zero-order valence-corrected chi connectivity index (χ0v) is 15.9. The van der Waals surface area contributed by atoms with E-state index < -0.39 is 0 Å². The van der Waals surface area contributed by atoms with E-state index in [0.717, 1.165) is 69.5 Å². The average Bonchev–Trinajstić information content (AvgIpc) is 3.16. The van der Waals surface area contributed by atoms with Gasteiger partial charge in [-0.25, -0.2) is 4.39 Å². The SMILES string of the molecule is CN(CCCCCc1cc(-c2cccc(F)c2)no1)C(=O)C1CCCNC1. The van der Waals surface area contributed by atoms with Crippen molar-refractivity contribution < 1.29 is 13.7 Å². The van der Waals surface area contributed by atoms with Crippen LogP contribution < -0.4 is 5.32 Å². The predicted octanol–water partition coefficient (Wildman–Crippen LogP) is 3.65. The second kappa shape index (κ2) is 9.65. The number of hydrogen-bond donors (Lipinski definition) is 1. The van der Waals surface area contributed by atoms with Crippen LogP contribution in [0.1, 0.15) is 37.9 Å². The fraction of sp³-hybridized carbons (Fsp3) is 0.524. The van der Waals surface area contributed by atoms with E-state index in [4.69, 9.17) is 4.52 Å². The summed E-state index contributed by atoms with van der Waals surface area (Å²) < 4.78 is 18.7. The summed E-state index contributed by atoms with van der Waals surface area (Å²) in [6, 6.07) is 8.23. The maximum absolute atomic E-state index is 13.3. The molecule has 0 spiro atoms. The normalized spacial score (nSPS) is 17.0. The number of unbranched alkanes of at least 4 members (excludes halogenated alkanes) is 2. The lowest BCUT2D eigenvalue weighted by Crippen LogP contribution is -2.41. The van der Waals surface area contributed by atoms with E-state index in [0.29, 0.717) is 5.69 Å². The number of hydrogen-bond acceptors (Lipinski definition) is 4. The number of aryl methyl sites for hydroxylation is 1. The van der Waals surface area contributed by atoms with Crippen molar-refractivity contribution in [1.82, 2.24) is 15.4 Å². The van der Waals surface area contributed by atoms with Gasteiger partial charge in [-0.15, -0.1) is 0 Å². The number of halogens is 1. The summed E-state index contributed by atoms with van der Waals surface area (Å²) in [6.45, 7) is 2.62. The van der Waals surface area contributed by atoms with E-state index in [1.807, 2.05) is 24.1 Å². The standard InChI is InChI=1S/C21H28FN3O2/c1-25(21(26)17-8-6-11-23-15-17)12-4-2-3-10-19-14-20(24-27-19)16-7-5-9-18(22)13-16/h5,7,9,13-14,17,23H,2-4,6,8,10-12,15H2,1H3. The van der Waals surface area contributed by atoms with Crippen LogP contribution in [-0.4, -0.2) is 42.6 Å². The molecule has 3 rings (SSSR count). The minimum atomic E-state index is -0.278. The van der Waals surface area contributed by atoms with Crippen LogP contribution in [0.4, 0.5) is 4.39 Å². The largest absolute Gasteiger partial charge is 0.361 e. The Bertz CT molecular complexity index is 741. The minimum absolute atomic E-state index is 0.138. The van der Waals surface area contributed by atoms with Crippen LogP contribution in [0.25, 0.3) is 11.3 Å². The lowest BCUT2D eigenvalue weighted by Gasteiger charge is -2.27. The highest BCUT2D eigenvalue weighted by Gasteiger charge is 2.23. The van der Waals surface area contributed by atoms with Crippen LogP contribution in [0.15, 0.2) is 34.9 Å². The van der Waals surface area contributed by atoms with Crippen LogP contribution in [0.2, 0.25) is 0 Å². The van der Waals surface area contributed by atoms with E-state index in [1.165, 1.54) is 12.1 Å². The second-order valence-corrected chi connectivity index (χ2v) is 7.30. The Morgan fingerprint density at radius 2 is 2.22 bits per heavy atom. The second-order valence-electron chi connectivity index (χ2n) is 7.30. The molecule has 5 nitrogen and oxygen atoms in total. The number of nitrogens with zero attached hydrogens (tertiary/aromatic N) is 2. The molecule has 1 N–H and O–H groups in total. The van der Waals surface area contributed by atoms with Gasteiger partial charge in [0.25, 0.3) is 0 Å². The maximum atomic E-state index is 13.3. The molecule has 1 saturated heterocycles. The zero-order chi connectivity index (χ0) is 19.1. The Balaban J connectivity index is 1.36. The van der Waals surface area contributed by atoms with Crippen LogP contribution >= 0.6 is 0 Å². The third-order valence-electron chi connectivity index (χ3n) is 5.12. The van der Waals surface area contributed by atoms with Crippen LogP contribution in [0.5, 0.6) is 0 Å². The van der Waals surface area contributed by atoms with Crippen molar-refractivity contribution in [3.05, 3.63) is 41.9 Å². The fourth-order valence-electron chi connectivity index (χ4n) is 3.52. The molecule has 0 radical (unpaired) electrons. The van der Waals surface area contributed by atoms with Crippen LogP contribution in [-0.2, 0) is 11.2 Å². The molecule has 1 aliphatic rings. The van der Waals surface area contributed by atoms with Crippen LogP contribution in [0, 0.1) is 11.7 Å². The summed E-state index contributed by atoms with van der Waals surface area (Å²) in [4.78, 5) is 14.2. The van der Waals surface area contributed by atoms with Gasteiger partial charge in [-0.05, 0) is 44.4 Å². The number of amides is 1. The zero-order valence-electron chi connectivity index (χ0n) is 15.9. The first-order valence-corrected chi connectivity index (χ1v) is 9.81. The lowest BCUT2D eigenvalue weighted by molar-refractivity contribution is -0.134. The van der Waals surface area contributed by atoms with E-state index in [-0.39, 0.29) is 17.6 Å². The molecule has 27 heavy (non-hydrogen) atoms. The molecule has 1 amide bonds. The first-order valence-electron chi connectivity index (χ1n) is 9.81. The minimum Gasteiger partial charge on any atom is -0.361 e. The molecule has 1 atom stereocenters. The third kappa shape index (κ3) is 5.63. The summed E-state index contributed by atoms with van der Waals surface area (Å²) in [5, 5.41) is 7.33. The number of benzene rings is 1. The summed E-state index contributed by atoms with van der Waals surface area (Å²) in [7, 11) is 1.90. The number of nitrogens with one attached hydrogen (secondary N) is 1. The lowest BCUT2D eigenvalue weighted by atomic mass is 9.98. The molecule has 2 heterocycles. The van der Waals surface area contributed by atoms with Crippen molar-refractivity contribution in [3.8, 4) is 11.3 Å². The van der Waals surface area contributed by atoms with Crippen molar-refractivity contribution in [1.29, 1.82) is 0 Å². The molecule has 146 valence electrons. The van der Waals surface area contributed by atoms with E-state index in [9.17, 15) is 9.18 Å². The van der Waals surface area contributed by atoms with Gasteiger partial charge in [0.2, 0.25) is 5.91 Å². The highest BCUT2D eigenvalue weighted by molar-refractivity contribution is 5.78. The molecule has 0 bridgehead atoms. The molecular weight excluding hydrogens is 345 g/mol. The third-order valence-corrected chi connectivity index (χ3v) is 5.12. The van der Waals surface area contributed by atoms with Gasteiger partial charge in [0.1, 0.15) is 17.3 Å². The van der Waals surface area contributed by atoms with Crippen molar-refractivity contribution in [2.45, 2.75) is 38.5 Å². The summed E-state index contributed by atoms with van der Waals surface area (Å²) in [5.41, 5.74) is 1.39. The average molecular weight is 373 g/mol. The summed E-state index contributed by atoms with van der Waals surface area (Å²) >= 11 is 0. The van der Waals surface area contributed by atoms with E-state index >= 15 is 0 Å². The first-order chi connectivity index (χ1) is 13.1. The predicted molar refractivity (Wildman–Crippen MR) is 103 cm³/mol. The topological polar surface area (TPSA) is 58.4 Å². The molecule has 1 aromatic heterocycles. The number of carbonyl (C=O) groups excluding carboxylic acids is 1. The smallest absolute Gasteiger partial charge is 0.226 e. The van der Waals surface area contributed by atoms with E-state index in [2.05, 4.69) is 10.5 Å². The molecule has 1 fully saturated rings. The molecule has 6 heteroatoms. The highest BCUT2D eigenvalue weighted by atomic mass is 19.1. The Hall–Kier alpha value is -2.21. The number of aromatic nitrogens is 1. The number of carbonyl (C=O) groups is 1. The van der Waals surface area contributed by atoms with Crippen molar-refractivity contribution >= 4 is 5.91 Å². The monoisotopic (exact) mass is 373 g/mol. The van der Waals surface area contributed by atoms with Gasteiger partial charge in [0.15, 0.2) is 0 Å². The quantitative estimate of drug-likeness (QED) is 0.718. The molecule has 0 saturated carbocycles. The van der Waals surface area contributed by atoms with Gasteiger partial charge in [-0.1, -0.05) is 23.7 Å². The van der Waals surface area contributed by atoms with Crippen LogP contribution in [0.3, 0.4) is 0 Å². The molecule has 2 aromatic rings. The fourth-order valence-corrected chi connectivity index (χ4v) is 3.52. The molecular formula is C21H28FN3O2. The van der Waals surface area contributed by atoms with Gasteiger partial charge < -0.3 is 14.7 Å². The van der Waals surface area contributed by atoms with Crippen molar-refractivity contribution in [2.75, 3.05) is 26.7 Å². The first kappa shape index (κ1) is 19.5. The number of piperidine rings is 1.